The van der Waals surface area contributed by atoms with Crippen LogP contribution in [0, 0.1) is 5.92 Å². The van der Waals surface area contributed by atoms with Crippen molar-refractivity contribution in [2.45, 2.75) is 96.9 Å². The van der Waals surface area contributed by atoms with E-state index in [1.165, 1.54) is 20.8 Å². The maximum atomic E-state index is 12.1. The van der Waals surface area contributed by atoms with E-state index in [1.807, 2.05) is 19.9 Å². The Morgan fingerprint density at radius 2 is 1.66 bits per heavy atom. The van der Waals surface area contributed by atoms with Crippen molar-refractivity contribution < 1.29 is 33.7 Å². The fourth-order valence-electron chi connectivity index (χ4n) is 5.89. The number of carbonyl (C=O) groups excluding carboxylic acids is 3. The lowest BCUT2D eigenvalue weighted by Gasteiger charge is -2.57. The summed E-state index contributed by atoms with van der Waals surface area (Å²) in [6.07, 6.45) is 0.384. The molecule has 1 saturated carbocycles. The first-order valence-corrected chi connectivity index (χ1v) is 11.2. The van der Waals surface area contributed by atoms with Crippen molar-refractivity contribution in [1.82, 2.24) is 0 Å². The van der Waals surface area contributed by atoms with Gasteiger partial charge in [0.2, 0.25) is 0 Å². The molecular weight excluding hydrogens is 412 g/mol. The fraction of sp³-hybridized carbons (Fsp3) is 0.640. The molecule has 0 radical (unpaired) electrons. The number of aromatic hydroxyl groups is 1. The molecule has 0 heterocycles. The molecule has 0 amide bonds. The topological polar surface area (TPSA) is 99.1 Å². The van der Waals surface area contributed by atoms with Crippen LogP contribution in [0.15, 0.2) is 12.1 Å². The second-order valence-electron chi connectivity index (χ2n) is 9.87. The first-order chi connectivity index (χ1) is 14.8. The van der Waals surface area contributed by atoms with Gasteiger partial charge in [0.1, 0.15) is 23.6 Å². The van der Waals surface area contributed by atoms with E-state index < -0.39 is 41.1 Å². The second-order valence-corrected chi connectivity index (χ2v) is 9.87. The van der Waals surface area contributed by atoms with Crippen molar-refractivity contribution in [2.75, 3.05) is 0 Å². The largest absolute Gasteiger partial charge is 0.508 e. The minimum absolute atomic E-state index is 0.0924. The summed E-state index contributed by atoms with van der Waals surface area (Å²) in [6, 6.07) is 3.71. The molecule has 1 N–H and O–H groups in total. The number of hydrogen-bond donors (Lipinski definition) is 1. The van der Waals surface area contributed by atoms with E-state index >= 15 is 0 Å². The monoisotopic (exact) mass is 446 g/mol. The first kappa shape index (κ1) is 24.1. The summed E-state index contributed by atoms with van der Waals surface area (Å²) >= 11 is 0. The van der Waals surface area contributed by atoms with E-state index in [0.717, 1.165) is 16.7 Å². The van der Waals surface area contributed by atoms with Gasteiger partial charge in [0.05, 0.1) is 0 Å². The van der Waals surface area contributed by atoms with E-state index in [2.05, 4.69) is 6.92 Å². The van der Waals surface area contributed by atoms with Gasteiger partial charge < -0.3 is 19.3 Å². The summed E-state index contributed by atoms with van der Waals surface area (Å²) < 4.78 is 17.2. The Kier molecular flexibility index (Phi) is 6.33. The molecule has 2 aliphatic rings. The maximum absolute atomic E-state index is 12.1. The van der Waals surface area contributed by atoms with Gasteiger partial charge in [-0.15, -0.1) is 0 Å². The summed E-state index contributed by atoms with van der Waals surface area (Å²) in [6.45, 7) is 11.9. The third kappa shape index (κ3) is 4.09. The molecule has 2 aliphatic carbocycles. The number of phenolic OH excluding ortho intramolecular Hbond substituents is 1. The van der Waals surface area contributed by atoms with Gasteiger partial charge in [-0.05, 0) is 60.9 Å². The van der Waals surface area contributed by atoms with Gasteiger partial charge in [0, 0.05) is 32.1 Å². The van der Waals surface area contributed by atoms with Crippen molar-refractivity contribution in [2.24, 2.45) is 5.92 Å². The average molecular weight is 447 g/mol. The van der Waals surface area contributed by atoms with Crippen LogP contribution < -0.4 is 0 Å². The van der Waals surface area contributed by atoms with Gasteiger partial charge in [0.25, 0.3) is 0 Å². The van der Waals surface area contributed by atoms with E-state index in [0.29, 0.717) is 19.3 Å². The molecule has 176 valence electrons. The Hall–Kier alpha value is -2.57. The Bertz CT molecular complexity index is 936. The molecule has 1 aromatic rings. The van der Waals surface area contributed by atoms with Crippen molar-refractivity contribution in [3.63, 3.8) is 0 Å². The van der Waals surface area contributed by atoms with Gasteiger partial charge >= 0.3 is 17.9 Å². The van der Waals surface area contributed by atoms with Crippen LogP contribution in [0.2, 0.25) is 0 Å². The molecule has 0 bridgehead atoms. The van der Waals surface area contributed by atoms with Crippen molar-refractivity contribution >= 4 is 17.9 Å². The van der Waals surface area contributed by atoms with Crippen LogP contribution in [0.4, 0.5) is 0 Å². The molecule has 7 heteroatoms. The third-order valence-electron chi connectivity index (χ3n) is 7.24. The molecular formula is C25H34O7. The predicted octanol–water partition coefficient (Wildman–Crippen LogP) is 4.44. The van der Waals surface area contributed by atoms with E-state index in [1.54, 1.807) is 13.0 Å². The van der Waals surface area contributed by atoms with Crippen LogP contribution in [0.25, 0.3) is 0 Å². The Morgan fingerprint density at radius 3 is 2.19 bits per heavy atom. The number of ether oxygens (including phenoxy) is 3. The average Bonchev–Trinajstić information content (AvgIpc) is 2.64. The molecule has 0 aromatic heterocycles. The Balaban J connectivity index is 2.21. The zero-order valence-corrected chi connectivity index (χ0v) is 20.0. The van der Waals surface area contributed by atoms with Crippen LogP contribution in [0.3, 0.4) is 0 Å². The molecule has 1 aromatic carbocycles. The van der Waals surface area contributed by atoms with Crippen molar-refractivity contribution in [1.29, 1.82) is 0 Å². The zero-order chi connectivity index (χ0) is 24.0. The summed E-state index contributed by atoms with van der Waals surface area (Å²) in [5.41, 5.74) is 0.935. The Morgan fingerprint density at radius 1 is 1.03 bits per heavy atom. The number of fused-ring (bicyclic) bond motifs is 3. The van der Waals surface area contributed by atoms with Crippen LogP contribution in [0.5, 0.6) is 5.75 Å². The highest BCUT2D eigenvalue weighted by molar-refractivity contribution is 5.68. The molecule has 7 nitrogen and oxygen atoms in total. The highest BCUT2D eigenvalue weighted by atomic mass is 16.6. The minimum Gasteiger partial charge on any atom is -0.508 e. The molecule has 3 rings (SSSR count). The fourth-order valence-corrected chi connectivity index (χ4v) is 5.89. The summed E-state index contributed by atoms with van der Waals surface area (Å²) in [5.74, 6) is -1.34. The normalized spacial score (nSPS) is 31.3. The molecule has 0 unspecified atom stereocenters. The van der Waals surface area contributed by atoms with E-state index in [9.17, 15) is 19.5 Å². The SMILES string of the molecule is CC(=O)O[C@H]1C[C@@H]2[C@](C)(OC(C)=O)[C@@H](OC(C)=O)CC[C@]2(C)c2cc(O)c(C(C)C)cc21. The lowest BCUT2D eigenvalue weighted by Crippen LogP contribution is -2.62. The lowest BCUT2D eigenvalue weighted by atomic mass is 9.52. The van der Waals surface area contributed by atoms with Gasteiger partial charge in [-0.2, -0.15) is 0 Å². The standard InChI is InChI=1S/C25H34O7/c1-13(2)17-10-18-19(11-20(17)29)24(6)9-8-23(31-15(4)27)25(7,32-16(5)28)22(24)12-21(18)30-14(3)26/h10-11,13,21-23,29H,8-9,12H2,1-7H3/t21-,22-,23-,24+,25-/m0/s1. The predicted molar refractivity (Wildman–Crippen MR) is 117 cm³/mol. The maximum Gasteiger partial charge on any atom is 0.303 e. The zero-order valence-electron chi connectivity index (χ0n) is 20.0. The van der Waals surface area contributed by atoms with Crippen LogP contribution in [0.1, 0.15) is 96.4 Å². The molecule has 0 spiro atoms. The highest BCUT2D eigenvalue weighted by Gasteiger charge is 2.61. The number of carbonyl (C=O) groups is 3. The quantitative estimate of drug-likeness (QED) is 0.539. The smallest absolute Gasteiger partial charge is 0.303 e. The van der Waals surface area contributed by atoms with Gasteiger partial charge in [0.15, 0.2) is 0 Å². The summed E-state index contributed by atoms with van der Waals surface area (Å²) in [7, 11) is 0. The Labute approximate surface area is 189 Å². The minimum atomic E-state index is -1.12. The van der Waals surface area contributed by atoms with Crippen LogP contribution >= 0.6 is 0 Å². The van der Waals surface area contributed by atoms with Crippen LogP contribution in [-0.4, -0.2) is 34.7 Å². The van der Waals surface area contributed by atoms with E-state index in [4.69, 9.17) is 14.2 Å². The molecule has 0 aliphatic heterocycles. The van der Waals surface area contributed by atoms with Crippen molar-refractivity contribution in [3.8, 4) is 5.75 Å². The van der Waals surface area contributed by atoms with Crippen molar-refractivity contribution in [3.05, 3.63) is 28.8 Å². The highest BCUT2D eigenvalue weighted by Crippen LogP contribution is 2.59. The lowest BCUT2D eigenvalue weighted by molar-refractivity contribution is -0.213. The molecule has 0 saturated heterocycles. The third-order valence-corrected chi connectivity index (χ3v) is 7.24. The van der Waals surface area contributed by atoms with Gasteiger partial charge in [-0.3, -0.25) is 14.4 Å². The van der Waals surface area contributed by atoms with Gasteiger partial charge in [-0.1, -0.05) is 20.8 Å². The second kappa shape index (κ2) is 8.41. The van der Waals surface area contributed by atoms with E-state index in [-0.39, 0.29) is 17.6 Å². The first-order valence-electron chi connectivity index (χ1n) is 11.2. The number of phenols is 1. The van der Waals surface area contributed by atoms with Crippen LogP contribution in [-0.2, 0) is 34.0 Å². The molecule has 32 heavy (non-hydrogen) atoms. The molecule has 5 atom stereocenters. The number of hydrogen-bond acceptors (Lipinski definition) is 7. The molecule has 1 fully saturated rings. The number of esters is 3. The van der Waals surface area contributed by atoms with Gasteiger partial charge in [-0.25, -0.2) is 0 Å². The number of benzene rings is 1. The summed E-state index contributed by atoms with van der Waals surface area (Å²) in [5, 5.41) is 10.8. The summed E-state index contributed by atoms with van der Waals surface area (Å²) in [4.78, 5) is 35.9. The number of rotatable bonds is 4.